The highest BCUT2D eigenvalue weighted by molar-refractivity contribution is 5.85. The zero-order chi connectivity index (χ0) is 25.1. The summed E-state index contributed by atoms with van der Waals surface area (Å²) in [6.45, 7) is 4.15. The van der Waals surface area contributed by atoms with Crippen LogP contribution in [0.2, 0.25) is 0 Å². The van der Waals surface area contributed by atoms with Crippen LogP contribution >= 0.6 is 0 Å². The van der Waals surface area contributed by atoms with Crippen LogP contribution in [0.25, 0.3) is 5.65 Å². The number of carbonyl (C=O) groups excluding carboxylic acids is 2. The number of nitrogens with zero attached hydrogens (tertiary/aromatic N) is 5. The van der Waals surface area contributed by atoms with Gasteiger partial charge < -0.3 is 14.5 Å². The van der Waals surface area contributed by atoms with Crippen molar-refractivity contribution in [2.75, 3.05) is 26.7 Å². The van der Waals surface area contributed by atoms with Crippen molar-refractivity contribution < 1.29 is 14.3 Å². The standard InChI is InChI=1S/C28H35N5O3/c1-3-4-16-33-25(34)13-12-22(26(33)21-9-5-6-10-23(21)36-2)28(35)31-18-14-20(15-19-31)27-30-29-24-11-7-8-17-32(24)27/h5-11,17,20,22,26H,3-4,12-16,18-19H2,1-2H3. The zero-order valence-electron chi connectivity index (χ0n) is 21.2. The van der Waals surface area contributed by atoms with E-state index in [-0.39, 0.29) is 29.7 Å². The first kappa shape index (κ1) is 24.3. The average molecular weight is 490 g/mol. The Labute approximate surface area is 212 Å². The summed E-state index contributed by atoms with van der Waals surface area (Å²) in [6, 6.07) is 13.4. The molecule has 36 heavy (non-hydrogen) atoms. The summed E-state index contributed by atoms with van der Waals surface area (Å²) >= 11 is 0. The smallest absolute Gasteiger partial charge is 0.228 e. The fourth-order valence-corrected chi connectivity index (χ4v) is 5.83. The van der Waals surface area contributed by atoms with Gasteiger partial charge in [-0.1, -0.05) is 37.6 Å². The van der Waals surface area contributed by atoms with E-state index in [4.69, 9.17) is 4.74 Å². The molecular formula is C28H35N5O3. The average Bonchev–Trinajstić information content (AvgIpc) is 3.36. The first-order chi connectivity index (χ1) is 17.6. The summed E-state index contributed by atoms with van der Waals surface area (Å²) in [5.74, 6) is 1.96. The van der Waals surface area contributed by atoms with Crippen molar-refractivity contribution in [1.29, 1.82) is 0 Å². The Hall–Kier alpha value is -3.42. The molecule has 3 aromatic rings. The second-order valence-corrected chi connectivity index (χ2v) is 9.86. The van der Waals surface area contributed by atoms with Gasteiger partial charge in [-0.3, -0.25) is 14.0 Å². The minimum Gasteiger partial charge on any atom is -0.496 e. The number of para-hydroxylation sites is 1. The van der Waals surface area contributed by atoms with Gasteiger partial charge >= 0.3 is 0 Å². The van der Waals surface area contributed by atoms with Gasteiger partial charge in [0.2, 0.25) is 11.8 Å². The Balaban J connectivity index is 1.37. The van der Waals surface area contributed by atoms with Crippen LogP contribution in [0.1, 0.15) is 68.8 Å². The summed E-state index contributed by atoms with van der Waals surface area (Å²) in [5.41, 5.74) is 1.78. The Morgan fingerprint density at radius 3 is 2.61 bits per heavy atom. The van der Waals surface area contributed by atoms with Crippen LogP contribution in [-0.4, -0.2) is 63.0 Å². The summed E-state index contributed by atoms with van der Waals surface area (Å²) in [4.78, 5) is 31.0. The zero-order valence-corrected chi connectivity index (χ0v) is 21.2. The van der Waals surface area contributed by atoms with Gasteiger partial charge in [0.05, 0.1) is 19.1 Å². The van der Waals surface area contributed by atoms with Crippen molar-refractivity contribution in [3.05, 3.63) is 60.0 Å². The SMILES string of the molecule is CCCCN1C(=O)CCC(C(=O)N2CCC(c3nnc4ccccn34)CC2)C1c1ccccc1OC. The van der Waals surface area contributed by atoms with Gasteiger partial charge in [-0.05, 0) is 43.9 Å². The molecule has 0 spiro atoms. The van der Waals surface area contributed by atoms with E-state index in [1.807, 2.05) is 58.5 Å². The highest BCUT2D eigenvalue weighted by Crippen LogP contribution is 2.42. The van der Waals surface area contributed by atoms with E-state index in [1.54, 1.807) is 7.11 Å². The van der Waals surface area contributed by atoms with E-state index >= 15 is 0 Å². The third kappa shape index (κ3) is 4.56. The quantitative estimate of drug-likeness (QED) is 0.496. The number of benzene rings is 1. The highest BCUT2D eigenvalue weighted by atomic mass is 16.5. The minimum absolute atomic E-state index is 0.126. The molecule has 2 aliphatic rings. The predicted octanol–water partition coefficient (Wildman–Crippen LogP) is 4.22. The molecular weight excluding hydrogens is 454 g/mol. The molecule has 8 heteroatoms. The maximum absolute atomic E-state index is 14.0. The first-order valence-corrected chi connectivity index (χ1v) is 13.1. The van der Waals surface area contributed by atoms with Gasteiger partial charge in [-0.15, -0.1) is 10.2 Å². The number of aromatic nitrogens is 3. The van der Waals surface area contributed by atoms with Crippen molar-refractivity contribution in [3.63, 3.8) is 0 Å². The number of rotatable bonds is 7. The lowest BCUT2D eigenvalue weighted by Gasteiger charge is -2.43. The number of hydrogen-bond donors (Lipinski definition) is 0. The van der Waals surface area contributed by atoms with Gasteiger partial charge in [0.25, 0.3) is 0 Å². The maximum atomic E-state index is 14.0. The summed E-state index contributed by atoms with van der Waals surface area (Å²) < 4.78 is 7.73. The van der Waals surface area contributed by atoms with Crippen molar-refractivity contribution in [2.45, 2.75) is 57.4 Å². The van der Waals surface area contributed by atoms with Crippen LogP contribution in [0.4, 0.5) is 0 Å². The number of pyridine rings is 1. The van der Waals surface area contributed by atoms with Crippen molar-refractivity contribution in [1.82, 2.24) is 24.4 Å². The third-order valence-electron chi connectivity index (χ3n) is 7.75. The summed E-state index contributed by atoms with van der Waals surface area (Å²) in [5, 5.41) is 8.75. The van der Waals surface area contributed by atoms with Crippen LogP contribution in [0, 0.1) is 5.92 Å². The number of methoxy groups -OCH3 is 1. The Kier molecular flexibility index (Phi) is 7.20. The second kappa shape index (κ2) is 10.7. The minimum atomic E-state index is -0.306. The fraction of sp³-hybridized carbons (Fsp3) is 0.500. The molecule has 2 fully saturated rings. The largest absolute Gasteiger partial charge is 0.496 e. The molecule has 2 amide bonds. The number of ether oxygens (including phenoxy) is 1. The molecule has 2 unspecified atom stereocenters. The Morgan fingerprint density at radius 1 is 1.06 bits per heavy atom. The predicted molar refractivity (Wildman–Crippen MR) is 137 cm³/mol. The van der Waals surface area contributed by atoms with E-state index in [0.29, 0.717) is 32.5 Å². The second-order valence-electron chi connectivity index (χ2n) is 9.86. The third-order valence-corrected chi connectivity index (χ3v) is 7.75. The highest BCUT2D eigenvalue weighted by Gasteiger charge is 2.43. The van der Waals surface area contributed by atoms with Gasteiger partial charge in [0, 0.05) is 43.7 Å². The number of amides is 2. The number of fused-ring (bicyclic) bond motifs is 1. The van der Waals surface area contributed by atoms with E-state index in [1.165, 1.54) is 0 Å². The lowest BCUT2D eigenvalue weighted by atomic mass is 9.82. The molecule has 1 aromatic carbocycles. The molecule has 4 heterocycles. The van der Waals surface area contributed by atoms with Gasteiger partial charge in [0.1, 0.15) is 11.6 Å². The van der Waals surface area contributed by atoms with E-state index < -0.39 is 0 Å². The molecule has 2 aliphatic heterocycles. The number of unbranched alkanes of at least 4 members (excludes halogenated alkanes) is 1. The molecule has 0 radical (unpaired) electrons. The Bertz CT molecular complexity index is 1220. The van der Waals surface area contributed by atoms with E-state index in [9.17, 15) is 9.59 Å². The van der Waals surface area contributed by atoms with Crippen molar-refractivity contribution in [2.24, 2.45) is 5.92 Å². The fourth-order valence-electron chi connectivity index (χ4n) is 5.83. The van der Waals surface area contributed by atoms with Gasteiger partial charge in [0.15, 0.2) is 5.65 Å². The number of likely N-dealkylation sites (tertiary alicyclic amines) is 2. The van der Waals surface area contributed by atoms with Gasteiger partial charge in [-0.2, -0.15) is 0 Å². The van der Waals surface area contributed by atoms with E-state index in [2.05, 4.69) is 21.5 Å². The molecule has 2 saturated heterocycles. The molecule has 8 nitrogen and oxygen atoms in total. The van der Waals surface area contributed by atoms with Gasteiger partial charge in [-0.25, -0.2) is 0 Å². The molecule has 5 rings (SSSR count). The lowest BCUT2D eigenvalue weighted by molar-refractivity contribution is -0.148. The molecule has 0 aliphatic carbocycles. The molecule has 0 N–H and O–H groups in total. The van der Waals surface area contributed by atoms with Crippen molar-refractivity contribution >= 4 is 17.5 Å². The normalized spacial score (nSPS) is 21.2. The molecule has 2 atom stereocenters. The molecule has 190 valence electrons. The lowest BCUT2D eigenvalue weighted by Crippen LogP contribution is -2.50. The van der Waals surface area contributed by atoms with Crippen LogP contribution in [0.15, 0.2) is 48.7 Å². The number of hydrogen-bond acceptors (Lipinski definition) is 5. The topological polar surface area (TPSA) is 80.0 Å². The van der Waals surface area contributed by atoms with Crippen LogP contribution in [0.3, 0.4) is 0 Å². The van der Waals surface area contributed by atoms with E-state index in [0.717, 1.165) is 48.5 Å². The first-order valence-electron chi connectivity index (χ1n) is 13.1. The van der Waals surface area contributed by atoms with Crippen LogP contribution in [0.5, 0.6) is 5.75 Å². The number of piperidine rings is 2. The molecule has 0 saturated carbocycles. The maximum Gasteiger partial charge on any atom is 0.228 e. The van der Waals surface area contributed by atoms with Crippen molar-refractivity contribution in [3.8, 4) is 5.75 Å². The molecule has 2 aromatic heterocycles. The van der Waals surface area contributed by atoms with Crippen LogP contribution < -0.4 is 4.74 Å². The summed E-state index contributed by atoms with van der Waals surface area (Å²) in [6.07, 6.45) is 6.59. The number of carbonyl (C=O) groups is 2. The monoisotopic (exact) mass is 489 g/mol. The van der Waals surface area contributed by atoms with Crippen LogP contribution in [-0.2, 0) is 9.59 Å². The summed E-state index contributed by atoms with van der Waals surface area (Å²) in [7, 11) is 1.65. The molecule has 0 bridgehead atoms. The Morgan fingerprint density at radius 2 is 1.83 bits per heavy atom.